The van der Waals surface area contributed by atoms with Crippen LogP contribution in [0.3, 0.4) is 0 Å². The minimum atomic E-state index is 0.995. The highest BCUT2D eigenvalue weighted by Gasteiger charge is 2.16. The molecule has 0 atom stereocenters. The molecular formula is C28H21N. The Morgan fingerprint density at radius 2 is 0.931 bits per heavy atom. The number of hydrogen-bond acceptors (Lipinski definition) is 1. The van der Waals surface area contributed by atoms with Crippen LogP contribution in [0, 0.1) is 6.92 Å². The monoisotopic (exact) mass is 371 g/mol. The van der Waals surface area contributed by atoms with Crippen molar-refractivity contribution < 1.29 is 0 Å². The molecule has 0 fully saturated rings. The van der Waals surface area contributed by atoms with E-state index in [1.807, 2.05) is 12.1 Å². The average molecular weight is 371 g/mol. The van der Waals surface area contributed by atoms with Crippen molar-refractivity contribution in [1.29, 1.82) is 0 Å². The van der Waals surface area contributed by atoms with E-state index in [4.69, 9.17) is 4.98 Å². The Morgan fingerprint density at radius 1 is 0.448 bits per heavy atom. The van der Waals surface area contributed by atoms with E-state index in [0.29, 0.717) is 0 Å². The molecule has 1 aromatic heterocycles. The van der Waals surface area contributed by atoms with Crippen molar-refractivity contribution in [3.63, 3.8) is 0 Å². The summed E-state index contributed by atoms with van der Waals surface area (Å²) >= 11 is 0. The Bertz CT molecular complexity index is 1180. The number of aryl methyl sites for hydroxylation is 1. The maximum absolute atomic E-state index is 5.00. The summed E-state index contributed by atoms with van der Waals surface area (Å²) in [5.74, 6) is 0. The van der Waals surface area contributed by atoms with Crippen molar-refractivity contribution >= 4 is 0 Å². The van der Waals surface area contributed by atoms with E-state index in [9.17, 15) is 0 Å². The van der Waals surface area contributed by atoms with E-state index < -0.39 is 0 Å². The Hall–Kier alpha value is -3.71. The summed E-state index contributed by atoms with van der Waals surface area (Å²) in [5, 5.41) is 0. The smallest absolute Gasteiger partial charge is 0.0715 e. The summed E-state index contributed by atoms with van der Waals surface area (Å²) in [6, 6.07) is 38.3. The van der Waals surface area contributed by atoms with E-state index in [1.54, 1.807) is 0 Å². The van der Waals surface area contributed by atoms with Gasteiger partial charge < -0.3 is 0 Å². The van der Waals surface area contributed by atoms with Gasteiger partial charge >= 0.3 is 0 Å². The molecule has 0 unspecified atom stereocenters. The molecule has 0 saturated heterocycles. The summed E-state index contributed by atoms with van der Waals surface area (Å²) in [6.45, 7) is 2.18. The molecule has 0 amide bonds. The molecule has 0 aliphatic heterocycles. The molecular weight excluding hydrogens is 350 g/mol. The van der Waals surface area contributed by atoms with Gasteiger partial charge in [0.1, 0.15) is 0 Å². The van der Waals surface area contributed by atoms with Crippen LogP contribution in [0.15, 0.2) is 109 Å². The van der Waals surface area contributed by atoms with Gasteiger partial charge in [0.25, 0.3) is 0 Å². The normalized spacial score (nSPS) is 10.9. The first-order valence-electron chi connectivity index (χ1n) is 9.91. The first-order chi connectivity index (χ1) is 14.3. The van der Waals surface area contributed by atoms with Crippen molar-refractivity contribution in [2.45, 2.75) is 6.92 Å². The van der Waals surface area contributed by atoms with Crippen LogP contribution in [0.2, 0.25) is 0 Å². The highest BCUT2D eigenvalue weighted by molar-refractivity contribution is 5.90. The molecule has 1 heteroatoms. The second-order valence-corrected chi connectivity index (χ2v) is 7.34. The predicted molar refractivity (Wildman–Crippen MR) is 122 cm³/mol. The Balaban J connectivity index is 1.76. The number of aromatic nitrogens is 1. The standard InChI is InChI=1S/C28H21N/c1-20-17-26(25-16-10-4-9-15-24(20)25)23-18-27(21-11-5-2-6-12-21)29-28(19-23)22-13-7-3-8-14-22/h2-19H,1H3. The largest absolute Gasteiger partial charge is 0.248 e. The molecule has 29 heavy (non-hydrogen) atoms. The van der Waals surface area contributed by atoms with Gasteiger partial charge in [0, 0.05) is 11.1 Å². The maximum Gasteiger partial charge on any atom is 0.0715 e. The third-order valence-electron chi connectivity index (χ3n) is 5.39. The molecule has 2 aliphatic rings. The van der Waals surface area contributed by atoms with Gasteiger partial charge in [0.15, 0.2) is 0 Å². The van der Waals surface area contributed by atoms with Crippen LogP contribution in [-0.4, -0.2) is 4.98 Å². The fourth-order valence-electron chi connectivity index (χ4n) is 3.94. The van der Waals surface area contributed by atoms with Crippen LogP contribution in [0.1, 0.15) is 5.56 Å². The van der Waals surface area contributed by atoms with Crippen molar-refractivity contribution in [3.8, 4) is 44.8 Å². The van der Waals surface area contributed by atoms with Gasteiger partial charge in [-0.25, -0.2) is 4.98 Å². The summed E-state index contributed by atoms with van der Waals surface area (Å²) < 4.78 is 0. The molecule has 0 radical (unpaired) electrons. The van der Waals surface area contributed by atoms with E-state index >= 15 is 0 Å². The zero-order valence-electron chi connectivity index (χ0n) is 16.3. The minimum Gasteiger partial charge on any atom is -0.248 e. The lowest BCUT2D eigenvalue weighted by Crippen LogP contribution is -1.91. The van der Waals surface area contributed by atoms with Gasteiger partial charge in [-0.3, -0.25) is 0 Å². The minimum absolute atomic E-state index is 0.995. The van der Waals surface area contributed by atoms with Crippen molar-refractivity contribution in [2.75, 3.05) is 0 Å². The van der Waals surface area contributed by atoms with Gasteiger partial charge in [-0.05, 0) is 46.9 Å². The fraction of sp³-hybridized carbons (Fsp3) is 0.0357. The van der Waals surface area contributed by atoms with Crippen LogP contribution < -0.4 is 0 Å². The second-order valence-electron chi connectivity index (χ2n) is 7.34. The fourth-order valence-corrected chi connectivity index (χ4v) is 3.94. The molecule has 5 rings (SSSR count). The molecule has 0 N–H and O–H groups in total. The molecule has 1 heterocycles. The number of fused-ring (bicyclic) bond motifs is 1. The lowest BCUT2D eigenvalue weighted by Gasteiger charge is -2.10. The molecule has 138 valence electrons. The second kappa shape index (κ2) is 7.37. The Kier molecular flexibility index (Phi) is 4.42. The van der Waals surface area contributed by atoms with Crippen LogP contribution in [0.4, 0.5) is 0 Å². The third kappa shape index (κ3) is 3.32. The zero-order valence-corrected chi connectivity index (χ0v) is 16.3. The summed E-state index contributed by atoms with van der Waals surface area (Å²) in [7, 11) is 0. The van der Waals surface area contributed by atoms with Crippen LogP contribution in [-0.2, 0) is 0 Å². The number of nitrogens with zero attached hydrogens (tertiary/aromatic N) is 1. The summed E-state index contributed by atoms with van der Waals surface area (Å²) in [5.41, 5.74) is 10.6. The lowest BCUT2D eigenvalue weighted by molar-refractivity contribution is 1.32. The van der Waals surface area contributed by atoms with Crippen molar-refractivity contribution in [1.82, 2.24) is 4.98 Å². The topological polar surface area (TPSA) is 12.9 Å². The number of pyridine rings is 1. The molecule has 0 bridgehead atoms. The predicted octanol–water partition coefficient (Wildman–Crippen LogP) is 7.50. The number of hydrogen-bond donors (Lipinski definition) is 0. The van der Waals surface area contributed by atoms with Gasteiger partial charge in [0.2, 0.25) is 0 Å². The molecule has 2 aromatic carbocycles. The molecule has 0 saturated carbocycles. The van der Waals surface area contributed by atoms with E-state index in [2.05, 4.69) is 104 Å². The molecule has 0 spiro atoms. The van der Waals surface area contributed by atoms with E-state index in [0.717, 1.165) is 22.5 Å². The van der Waals surface area contributed by atoms with Crippen LogP contribution in [0.5, 0.6) is 0 Å². The zero-order chi connectivity index (χ0) is 19.6. The highest BCUT2D eigenvalue weighted by Crippen LogP contribution is 2.40. The lowest BCUT2D eigenvalue weighted by atomic mass is 9.98. The van der Waals surface area contributed by atoms with Gasteiger partial charge in [-0.1, -0.05) is 97.1 Å². The Labute approximate surface area is 171 Å². The van der Waals surface area contributed by atoms with E-state index in [-0.39, 0.29) is 0 Å². The first kappa shape index (κ1) is 17.4. The maximum atomic E-state index is 5.00. The first-order valence-corrected chi connectivity index (χ1v) is 9.91. The van der Waals surface area contributed by atoms with Crippen LogP contribution in [0.25, 0.3) is 44.8 Å². The summed E-state index contributed by atoms with van der Waals surface area (Å²) in [4.78, 5) is 5.00. The van der Waals surface area contributed by atoms with Crippen LogP contribution >= 0.6 is 0 Å². The Morgan fingerprint density at radius 3 is 1.48 bits per heavy atom. The van der Waals surface area contributed by atoms with Crippen molar-refractivity contribution in [3.05, 3.63) is 115 Å². The SMILES string of the molecule is Cc1cc(-c2cc(-c3ccccc3)nc(-c3ccccc3)c2)c2cccccc1-2. The highest BCUT2D eigenvalue weighted by atomic mass is 14.7. The quantitative estimate of drug-likeness (QED) is 0.320. The average Bonchev–Trinajstić information content (AvgIpc) is 2.94. The summed E-state index contributed by atoms with van der Waals surface area (Å²) in [6.07, 6.45) is 0. The van der Waals surface area contributed by atoms with Crippen molar-refractivity contribution in [2.24, 2.45) is 0 Å². The van der Waals surface area contributed by atoms with Gasteiger partial charge in [0.05, 0.1) is 11.4 Å². The number of benzene rings is 2. The molecule has 3 aromatic rings. The van der Waals surface area contributed by atoms with E-state index in [1.165, 1.54) is 27.8 Å². The van der Waals surface area contributed by atoms with Gasteiger partial charge in [-0.2, -0.15) is 0 Å². The molecule has 2 aliphatic carbocycles. The third-order valence-corrected chi connectivity index (χ3v) is 5.39. The number of rotatable bonds is 3. The van der Waals surface area contributed by atoms with Gasteiger partial charge in [-0.15, -0.1) is 0 Å². The molecule has 1 nitrogen and oxygen atoms in total.